The summed E-state index contributed by atoms with van der Waals surface area (Å²) in [4.78, 5) is 0. The minimum absolute atomic E-state index is 1.22. The van der Waals surface area contributed by atoms with Crippen LogP contribution in [0.4, 0.5) is 0 Å². The van der Waals surface area contributed by atoms with E-state index in [9.17, 15) is 0 Å². The third-order valence-electron chi connectivity index (χ3n) is 11.0. The molecular weight excluding hydrogens is 601 g/mol. The molecule has 0 N–H and O–H groups in total. The Kier molecular flexibility index (Phi) is 5.76. The van der Waals surface area contributed by atoms with E-state index < -0.39 is 0 Å². The fourth-order valence-electron chi connectivity index (χ4n) is 8.64. The van der Waals surface area contributed by atoms with Crippen LogP contribution in [-0.4, -0.2) is 0 Å². The number of hydrogen-bond acceptors (Lipinski definition) is 0. The highest BCUT2D eigenvalue weighted by atomic mass is 14.2. The topological polar surface area (TPSA) is 0 Å². The lowest BCUT2D eigenvalue weighted by atomic mass is 9.87. The fraction of sp³-hybridized carbons (Fsp3) is 0. The Morgan fingerprint density at radius 1 is 0.200 bits per heavy atom. The second kappa shape index (κ2) is 10.5. The van der Waals surface area contributed by atoms with Crippen LogP contribution in [0, 0.1) is 0 Å². The van der Waals surface area contributed by atoms with Crippen LogP contribution in [0.3, 0.4) is 0 Å². The van der Waals surface area contributed by atoms with E-state index >= 15 is 0 Å². The van der Waals surface area contributed by atoms with Gasteiger partial charge in [-0.3, -0.25) is 0 Å². The lowest BCUT2D eigenvalue weighted by Gasteiger charge is -2.17. The molecule has 11 aromatic carbocycles. The van der Waals surface area contributed by atoms with Crippen molar-refractivity contribution in [1.29, 1.82) is 0 Å². The molecule has 11 rings (SSSR count). The monoisotopic (exact) mass is 630 g/mol. The summed E-state index contributed by atoms with van der Waals surface area (Å²) in [5.74, 6) is 0. The van der Waals surface area contributed by atoms with Crippen molar-refractivity contribution in [2.24, 2.45) is 0 Å². The third-order valence-corrected chi connectivity index (χ3v) is 11.0. The van der Waals surface area contributed by atoms with E-state index in [1.54, 1.807) is 0 Å². The molecule has 0 spiro atoms. The van der Waals surface area contributed by atoms with Crippen molar-refractivity contribution in [3.63, 3.8) is 0 Å². The van der Waals surface area contributed by atoms with Gasteiger partial charge in [0.25, 0.3) is 0 Å². The molecule has 0 saturated carbocycles. The van der Waals surface area contributed by atoms with E-state index in [4.69, 9.17) is 0 Å². The van der Waals surface area contributed by atoms with Crippen LogP contribution in [0.15, 0.2) is 182 Å². The van der Waals surface area contributed by atoms with Gasteiger partial charge in [0.1, 0.15) is 0 Å². The van der Waals surface area contributed by atoms with Crippen molar-refractivity contribution in [2.75, 3.05) is 0 Å². The zero-order chi connectivity index (χ0) is 32.8. The van der Waals surface area contributed by atoms with Crippen LogP contribution in [0.5, 0.6) is 0 Å². The Balaban J connectivity index is 1.00. The molecule has 0 radical (unpaired) electrons. The highest BCUT2D eigenvalue weighted by Crippen LogP contribution is 2.43. The van der Waals surface area contributed by atoms with E-state index in [1.165, 1.54) is 109 Å². The van der Waals surface area contributed by atoms with Gasteiger partial charge in [0.2, 0.25) is 0 Å². The van der Waals surface area contributed by atoms with Gasteiger partial charge in [-0.05, 0) is 115 Å². The van der Waals surface area contributed by atoms with E-state index in [-0.39, 0.29) is 0 Å². The van der Waals surface area contributed by atoms with Crippen molar-refractivity contribution in [1.82, 2.24) is 0 Å². The lowest BCUT2D eigenvalue weighted by molar-refractivity contribution is 1.58. The van der Waals surface area contributed by atoms with E-state index in [0.717, 1.165) is 0 Å². The molecule has 0 aliphatic heterocycles. The van der Waals surface area contributed by atoms with Crippen molar-refractivity contribution in [2.45, 2.75) is 0 Å². The van der Waals surface area contributed by atoms with Gasteiger partial charge in [-0.2, -0.15) is 0 Å². The minimum atomic E-state index is 1.22. The summed E-state index contributed by atoms with van der Waals surface area (Å²) in [5.41, 5.74) is 9.94. The summed E-state index contributed by atoms with van der Waals surface area (Å²) in [6, 6.07) is 67.6. The first-order valence-electron chi connectivity index (χ1n) is 17.4. The van der Waals surface area contributed by atoms with Gasteiger partial charge in [0, 0.05) is 0 Å². The van der Waals surface area contributed by atoms with Gasteiger partial charge in [0.05, 0.1) is 0 Å². The molecule has 0 aliphatic rings. The predicted octanol–water partition coefficient (Wildman–Crippen LogP) is 14.1. The highest BCUT2D eigenvalue weighted by Gasteiger charge is 2.16. The minimum Gasteiger partial charge on any atom is -0.0616 e. The molecule has 230 valence electrons. The third kappa shape index (κ3) is 4.00. The SMILES string of the molecule is c1cc(-c2ccc(-c3ccc4ccc5cccc6ccc3c4c56)cc2)cc(-c2ccccc2-c2ccc3ccc4cccc5ccc2c3c45)c1. The van der Waals surface area contributed by atoms with Crippen LogP contribution in [-0.2, 0) is 0 Å². The molecule has 0 atom stereocenters. The molecule has 0 amide bonds. The molecule has 50 heavy (non-hydrogen) atoms. The van der Waals surface area contributed by atoms with E-state index in [1.807, 2.05) is 0 Å². The average Bonchev–Trinajstić information content (AvgIpc) is 3.19. The van der Waals surface area contributed by atoms with E-state index in [2.05, 4.69) is 182 Å². The van der Waals surface area contributed by atoms with Gasteiger partial charge in [-0.15, -0.1) is 0 Å². The maximum atomic E-state index is 2.35. The Hall–Kier alpha value is -6.50. The first-order valence-corrected chi connectivity index (χ1v) is 17.4. The van der Waals surface area contributed by atoms with Gasteiger partial charge in [-0.1, -0.05) is 176 Å². The summed E-state index contributed by atoms with van der Waals surface area (Å²) < 4.78 is 0. The molecular formula is C50H30. The van der Waals surface area contributed by atoms with Crippen LogP contribution in [0.25, 0.3) is 109 Å². The molecule has 0 fully saturated rings. The highest BCUT2D eigenvalue weighted by molar-refractivity contribution is 6.27. The zero-order valence-corrected chi connectivity index (χ0v) is 27.3. The molecule has 0 aromatic heterocycles. The molecule has 0 heteroatoms. The molecule has 0 aliphatic carbocycles. The van der Waals surface area contributed by atoms with Crippen LogP contribution in [0.1, 0.15) is 0 Å². The smallest absolute Gasteiger partial charge is 0.00206 e. The molecule has 0 heterocycles. The number of hydrogen-bond donors (Lipinski definition) is 0. The van der Waals surface area contributed by atoms with Crippen LogP contribution >= 0.6 is 0 Å². The molecule has 11 aromatic rings. The van der Waals surface area contributed by atoms with Gasteiger partial charge < -0.3 is 0 Å². The Labute approximate surface area is 290 Å². The van der Waals surface area contributed by atoms with Crippen LogP contribution < -0.4 is 0 Å². The van der Waals surface area contributed by atoms with Crippen LogP contribution in [0.2, 0.25) is 0 Å². The summed E-state index contributed by atoms with van der Waals surface area (Å²) in [5, 5.41) is 15.8. The largest absolute Gasteiger partial charge is 0.0616 e. The average molecular weight is 631 g/mol. The van der Waals surface area contributed by atoms with Gasteiger partial charge in [-0.25, -0.2) is 0 Å². The first-order chi connectivity index (χ1) is 24.8. The predicted molar refractivity (Wildman–Crippen MR) is 216 cm³/mol. The van der Waals surface area contributed by atoms with Gasteiger partial charge in [0.15, 0.2) is 0 Å². The Morgan fingerprint density at radius 3 is 1.26 bits per heavy atom. The quantitative estimate of drug-likeness (QED) is 0.170. The molecule has 0 saturated heterocycles. The molecule has 0 nitrogen and oxygen atoms in total. The number of rotatable bonds is 4. The maximum Gasteiger partial charge on any atom is -0.00206 e. The molecule has 0 unspecified atom stereocenters. The second-order valence-corrected chi connectivity index (χ2v) is 13.6. The zero-order valence-electron chi connectivity index (χ0n) is 27.3. The van der Waals surface area contributed by atoms with Crippen molar-refractivity contribution in [3.8, 4) is 44.5 Å². The summed E-state index contributed by atoms with van der Waals surface area (Å²) in [6.07, 6.45) is 0. The molecule has 0 bridgehead atoms. The van der Waals surface area contributed by atoms with E-state index in [0.29, 0.717) is 0 Å². The normalized spacial score (nSPS) is 12.0. The fourth-order valence-corrected chi connectivity index (χ4v) is 8.64. The summed E-state index contributed by atoms with van der Waals surface area (Å²) in [6.45, 7) is 0. The summed E-state index contributed by atoms with van der Waals surface area (Å²) in [7, 11) is 0. The van der Waals surface area contributed by atoms with Gasteiger partial charge >= 0.3 is 0 Å². The lowest BCUT2D eigenvalue weighted by Crippen LogP contribution is -1.90. The maximum absolute atomic E-state index is 2.35. The van der Waals surface area contributed by atoms with Crippen molar-refractivity contribution >= 4 is 64.6 Å². The number of benzene rings is 11. The standard InChI is InChI=1S/C50H30/c1-2-13-43(44-27-23-38-21-19-34-7-4-9-36-25-29-46(44)50(38)48(34)36)41(12-1)40-11-5-10-39(30-40)31-14-16-32(17-15-31)42-26-22-37-20-18-33-6-3-8-35-24-28-45(42)49(37)47(33)35/h1-30H. The Morgan fingerprint density at radius 2 is 0.640 bits per heavy atom. The Bertz CT molecular complexity index is 3040. The second-order valence-electron chi connectivity index (χ2n) is 13.6. The first kappa shape index (κ1) is 27.5. The summed E-state index contributed by atoms with van der Waals surface area (Å²) >= 11 is 0. The van der Waals surface area contributed by atoms with Crippen molar-refractivity contribution in [3.05, 3.63) is 182 Å². The van der Waals surface area contributed by atoms with Crippen molar-refractivity contribution < 1.29 is 0 Å².